The normalized spacial score (nSPS) is 11.0. The average molecular weight is 391 g/mol. The molecule has 0 unspecified atom stereocenters. The zero-order chi connectivity index (χ0) is 20.8. The van der Waals surface area contributed by atoms with Gasteiger partial charge in [-0.15, -0.1) is 0 Å². The quantitative estimate of drug-likeness (QED) is 0.344. The van der Waals surface area contributed by atoms with Crippen LogP contribution in [0.5, 0.6) is 0 Å². The van der Waals surface area contributed by atoms with Gasteiger partial charge in [-0.2, -0.15) is 0 Å². The summed E-state index contributed by atoms with van der Waals surface area (Å²) in [5.41, 5.74) is 4.31. The number of hydrogen-bond acceptors (Lipinski definition) is 8. The van der Waals surface area contributed by atoms with E-state index in [0.29, 0.717) is 5.56 Å². The van der Waals surface area contributed by atoms with Crippen molar-refractivity contribution in [3.8, 4) is 0 Å². The molecule has 0 aliphatic heterocycles. The van der Waals surface area contributed by atoms with Crippen molar-refractivity contribution in [1.82, 2.24) is 14.5 Å². The first kappa shape index (κ1) is 21.0. The van der Waals surface area contributed by atoms with Crippen LogP contribution >= 0.6 is 0 Å². The van der Waals surface area contributed by atoms with Gasteiger partial charge in [0.05, 0.1) is 24.6 Å². The molecule has 28 heavy (non-hydrogen) atoms. The fourth-order valence-electron chi connectivity index (χ4n) is 2.76. The minimum absolute atomic E-state index is 0.0627. The number of nitro benzene ring substituents is 1. The first-order valence-corrected chi connectivity index (χ1v) is 8.31. The Kier molecular flexibility index (Phi) is 6.79. The third-order valence-electron chi connectivity index (χ3n) is 4.08. The minimum Gasteiger partial charge on any atom is -0.384 e. The lowest BCUT2D eigenvalue weighted by atomic mass is 10.1. The third-order valence-corrected chi connectivity index (χ3v) is 4.08. The Morgan fingerprint density at radius 2 is 2.04 bits per heavy atom. The van der Waals surface area contributed by atoms with Crippen molar-refractivity contribution in [2.45, 2.75) is 13.1 Å². The first-order valence-electron chi connectivity index (χ1n) is 8.31. The van der Waals surface area contributed by atoms with E-state index in [2.05, 4.69) is 4.98 Å². The molecule has 1 aromatic heterocycles. The van der Waals surface area contributed by atoms with Crippen LogP contribution in [0, 0.1) is 10.1 Å². The number of nitro groups is 1. The standard InChI is InChI=1S/C17H21N5O6/c1-20(9-11-5-3-4-6-12(11)22(26)27)10-13(23)14-15(18)21(7-8-28-2)17(25)19-16(14)24/h3-6H,7-10,18H2,1-2H3,(H,19,24,25). The number of carbonyl (C=O) groups excluding carboxylic acids is 1. The van der Waals surface area contributed by atoms with E-state index in [-0.39, 0.29) is 43.3 Å². The highest BCUT2D eigenvalue weighted by atomic mass is 16.6. The molecule has 0 aliphatic carbocycles. The van der Waals surface area contributed by atoms with E-state index in [1.807, 2.05) is 0 Å². The van der Waals surface area contributed by atoms with E-state index < -0.39 is 22.0 Å². The van der Waals surface area contributed by atoms with Gasteiger partial charge in [-0.1, -0.05) is 18.2 Å². The van der Waals surface area contributed by atoms with Gasteiger partial charge in [-0.25, -0.2) is 4.79 Å². The second-order valence-electron chi connectivity index (χ2n) is 6.15. The average Bonchev–Trinajstić information content (AvgIpc) is 2.61. The molecular weight excluding hydrogens is 370 g/mol. The fraction of sp³-hybridized carbons (Fsp3) is 0.353. The Hall–Kier alpha value is -3.31. The van der Waals surface area contributed by atoms with Crippen molar-refractivity contribution in [3.05, 3.63) is 66.3 Å². The molecule has 0 saturated heterocycles. The second-order valence-corrected chi connectivity index (χ2v) is 6.15. The van der Waals surface area contributed by atoms with Crippen molar-refractivity contribution < 1.29 is 14.5 Å². The minimum atomic E-state index is -0.875. The highest BCUT2D eigenvalue weighted by Crippen LogP contribution is 2.19. The number of methoxy groups -OCH3 is 1. The van der Waals surface area contributed by atoms with Crippen LogP contribution in [0.3, 0.4) is 0 Å². The van der Waals surface area contributed by atoms with Gasteiger partial charge in [0.25, 0.3) is 11.2 Å². The Balaban J connectivity index is 2.24. The molecule has 0 radical (unpaired) electrons. The summed E-state index contributed by atoms with van der Waals surface area (Å²) in [6.07, 6.45) is 0. The number of hydrogen-bond donors (Lipinski definition) is 2. The van der Waals surface area contributed by atoms with E-state index in [1.54, 1.807) is 25.2 Å². The van der Waals surface area contributed by atoms with Gasteiger partial charge in [0.2, 0.25) is 0 Å². The van der Waals surface area contributed by atoms with E-state index >= 15 is 0 Å². The van der Waals surface area contributed by atoms with Gasteiger partial charge in [0.1, 0.15) is 11.4 Å². The summed E-state index contributed by atoms with van der Waals surface area (Å²) in [4.78, 5) is 50.8. The molecule has 2 aromatic rings. The smallest absolute Gasteiger partial charge is 0.330 e. The summed E-state index contributed by atoms with van der Waals surface area (Å²) in [5, 5.41) is 11.1. The molecule has 0 spiro atoms. The number of nitrogens with zero attached hydrogens (tertiary/aromatic N) is 3. The number of nitrogen functional groups attached to an aromatic ring is 1. The number of rotatable bonds is 9. The van der Waals surface area contributed by atoms with Crippen LogP contribution in [0.15, 0.2) is 33.9 Å². The van der Waals surface area contributed by atoms with Crippen molar-refractivity contribution in [3.63, 3.8) is 0 Å². The number of Topliss-reactive ketones (excluding diaryl/α,β-unsaturated/α-hetero) is 1. The maximum atomic E-state index is 12.6. The molecule has 0 amide bonds. The maximum Gasteiger partial charge on any atom is 0.330 e. The van der Waals surface area contributed by atoms with Crippen LogP contribution in [0.25, 0.3) is 0 Å². The van der Waals surface area contributed by atoms with Gasteiger partial charge in [-0.05, 0) is 7.05 Å². The van der Waals surface area contributed by atoms with Crippen LogP contribution < -0.4 is 17.0 Å². The molecule has 0 atom stereocenters. The summed E-state index contributed by atoms with van der Waals surface area (Å²) >= 11 is 0. The maximum absolute atomic E-state index is 12.6. The lowest BCUT2D eigenvalue weighted by molar-refractivity contribution is -0.385. The predicted molar refractivity (Wildman–Crippen MR) is 101 cm³/mol. The van der Waals surface area contributed by atoms with Crippen molar-refractivity contribution >= 4 is 17.3 Å². The van der Waals surface area contributed by atoms with Gasteiger partial charge < -0.3 is 10.5 Å². The molecule has 0 bridgehead atoms. The van der Waals surface area contributed by atoms with Gasteiger partial charge >= 0.3 is 5.69 Å². The van der Waals surface area contributed by atoms with Crippen LogP contribution in [0.2, 0.25) is 0 Å². The zero-order valence-corrected chi connectivity index (χ0v) is 15.5. The molecular formula is C17H21N5O6. The van der Waals surface area contributed by atoms with Crippen molar-refractivity contribution in [1.29, 1.82) is 0 Å². The number of carbonyl (C=O) groups is 1. The Bertz CT molecular complexity index is 996. The summed E-state index contributed by atoms with van der Waals surface area (Å²) in [5.74, 6) is -0.846. The first-order chi connectivity index (χ1) is 13.3. The topological polar surface area (TPSA) is 154 Å². The summed E-state index contributed by atoms with van der Waals surface area (Å²) < 4.78 is 5.95. The highest BCUT2D eigenvalue weighted by Gasteiger charge is 2.22. The summed E-state index contributed by atoms with van der Waals surface area (Å²) in [6, 6.07) is 6.17. The molecule has 0 fully saturated rings. The summed E-state index contributed by atoms with van der Waals surface area (Å²) in [7, 11) is 3.02. The Labute approximate surface area is 159 Å². The molecule has 11 heteroatoms. The van der Waals surface area contributed by atoms with Crippen molar-refractivity contribution in [2.75, 3.05) is 33.0 Å². The molecule has 2 rings (SSSR count). The van der Waals surface area contributed by atoms with Crippen LogP contribution in [-0.4, -0.2) is 52.5 Å². The van der Waals surface area contributed by atoms with E-state index in [1.165, 1.54) is 18.1 Å². The molecule has 150 valence electrons. The largest absolute Gasteiger partial charge is 0.384 e. The van der Waals surface area contributed by atoms with Crippen LogP contribution in [-0.2, 0) is 17.8 Å². The second kappa shape index (κ2) is 9.06. The number of anilines is 1. The fourth-order valence-corrected chi connectivity index (χ4v) is 2.76. The zero-order valence-electron chi connectivity index (χ0n) is 15.5. The molecule has 11 nitrogen and oxygen atoms in total. The number of H-pyrrole nitrogens is 1. The van der Waals surface area contributed by atoms with Gasteiger partial charge in [0, 0.05) is 25.3 Å². The number of aromatic amines is 1. The predicted octanol–water partition coefficient (Wildman–Crippen LogP) is -0.0119. The lowest BCUT2D eigenvalue weighted by Gasteiger charge is -2.17. The van der Waals surface area contributed by atoms with Gasteiger partial charge in [0.15, 0.2) is 5.78 Å². The van der Waals surface area contributed by atoms with E-state index in [0.717, 1.165) is 4.57 Å². The van der Waals surface area contributed by atoms with E-state index in [9.17, 15) is 24.5 Å². The molecule has 0 saturated carbocycles. The number of para-hydroxylation sites is 1. The van der Waals surface area contributed by atoms with Gasteiger partial charge in [-0.3, -0.25) is 34.2 Å². The number of aromatic nitrogens is 2. The molecule has 3 N–H and O–H groups in total. The molecule has 0 aliphatic rings. The van der Waals surface area contributed by atoms with Crippen molar-refractivity contribution in [2.24, 2.45) is 0 Å². The highest BCUT2D eigenvalue weighted by molar-refractivity contribution is 6.01. The number of nitrogens with two attached hydrogens (primary N) is 1. The molecule has 1 aromatic carbocycles. The number of ether oxygens (including phenoxy) is 1. The number of nitrogens with one attached hydrogen (secondary N) is 1. The number of ketones is 1. The lowest BCUT2D eigenvalue weighted by Crippen LogP contribution is -2.39. The summed E-state index contributed by atoms with van der Waals surface area (Å²) in [6.45, 7) is 0.136. The Morgan fingerprint density at radius 3 is 2.68 bits per heavy atom. The van der Waals surface area contributed by atoms with Crippen LogP contribution in [0.4, 0.5) is 11.5 Å². The Morgan fingerprint density at radius 1 is 1.36 bits per heavy atom. The third kappa shape index (κ3) is 4.69. The number of benzene rings is 1. The van der Waals surface area contributed by atoms with Crippen LogP contribution in [0.1, 0.15) is 15.9 Å². The SMILES string of the molecule is COCCn1c(N)c(C(=O)CN(C)Cc2ccccc2[N+](=O)[O-])c(=O)[nH]c1=O. The number of likely N-dealkylation sites (N-methyl/N-ethyl adjacent to an activating group) is 1. The van der Waals surface area contributed by atoms with E-state index in [4.69, 9.17) is 10.5 Å². The monoisotopic (exact) mass is 391 g/mol. The molecule has 1 heterocycles.